The van der Waals surface area contributed by atoms with Crippen LogP contribution in [0.2, 0.25) is 0 Å². The summed E-state index contributed by atoms with van der Waals surface area (Å²) >= 11 is 0. The van der Waals surface area contributed by atoms with E-state index in [2.05, 4.69) is 20.6 Å². The number of hydrogen-bond donors (Lipinski definition) is 2. The fourth-order valence-electron chi connectivity index (χ4n) is 2.42. The molecule has 0 saturated heterocycles. The van der Waals surface area contributed by atoms with Gasteiger partial charge in [-0.3, -0.25) is 8.98 Å². The summed E-state index contributed by atoms with van der Waals surface area (Å²) in [7, 11) is -3.83. The third kappa shape index (κ3) is 5.62. The molecule has 0 fully saturated rings. The van der Waals surface area contributed by atoms with Gasteiger partial charge in [-0.2, -0.15) is 8.42 Å². The van der Waals surface area contributed by atoms with E-state index in [-0.39, 0.29) is 43.0 Å². The van der Waals surface area contributed by atoms with Gasteiger partial charge in [0.25, 0.3) is 10.1 Å². The van der Waals surface area contributed by atoms with Crippen molar-refractivity contribution in [3.63, 3.8) is 0 Å². The number of nitrogen functional groups attached to an aromatic ring is 1. The lowest BCUT2D eigenvalue weighted by molar-refractivity contribution is -0.121. The molecule has 11 nitrogen and oxygen atoms in total. The van der Waals surface area contributed by atoms with Crippen molar-refractivity contribution in [1.29, 1.82) is 0 Å². The SMILES string of the molecule is Cc1ccc(S(=O)(=O)OCCn2cc(CNC(=O)Cn3ccnc3N)nn2)cc1. The highest BCUT2D eigenvalue weighted by Crippen LogP contribution is 2.13. The molecule has 1 aromatic carbocycles. The summed E-state index contributed by atoms with van der Waals surface area (Å²) in [6, 6.07) is 6.40. The van der Waals surface area contributed by atoms with Crippen molar-refractivity contribution in [2.75, 3.05) is 12.3 Å². The molecule has 0 saturated carbocycles. The highest BCUT2D eigenvalue weighted by atomic mass is 32.2. The van der Waals surface area contributed by atoms with Crippen LogP contribution in [0.25, 0.3) is 0 Å². The largest absolute Gasteiger partial charge is 0.369 e. The van der Waals surface area contributed by atoms with Gasteiger partial charge >= 0.3 is 0 Å². The van der Waals surface area contributed by atoms with Gasteiger partial charge in [-0.25, -0.2) is 9.67 Å². The van der Waals surface area contributed by atoms with Crippen LogP contribution >= 0.6 is 0 Å². The van der Waals surface area contributed by atoms with Gasteiger partial charge in [0.05, 0.1) is 30.8 Å². The summed E-state index contributed by atoms with van der Waals surface area (Å²) < 4.78 is 32.3. The van der Waals surface area contributed by atoms with Crippen molar-refractivity contribution in [2.24, 2.45) is 0 Å². The first kappa shape index (κ1) is 20.5. The standard InChI is InChI=1S/C17H21N7O4S/c1-13-2-4-15(5-3-13)29(26,27)28-9-8-24-11-14(21-22-24)10-20-16(25)12-23-7-6-19-17(23)18/h2-7,11H,8-10,12H2,1H3,(H2,18,19)(H,20,25). The molecule has 0 aliphatic rings. The molecule has 0 radical (unpaired) electrons. The van der Waals surface area contributed by atoms with E-state index in [1.54, 1.807) is 24.5 Å². The average molecular weight is 419 g/mol. The normalized spacial score (nSPS) is 11.5. The lowest BCUT2D eigenvalue weighted by Gasteiger charge is -2.06. The van der Waals surface area contributed by atoms with Gasteiger partial charge in [0, 0.05) is 12.4 Å². The smallest absolute Gasteiger partial charge is 0.297 e. The average Bonchev–Trinajstić information content (AvgIpc) is 3.29. The number of nitrogens with two attached hydrogens (primary N) is 1. The summed E-state index contributed by atoms with van der Waals surface area (Å²) in [5.74, 6) is 0.00320. The van der Waals surface area contributed by atoms with E-state index in [1.807, 2.05) is 6.92 Å². The Morgan fingerprint density at radius 3 is 2.72 bits per heavy atom. The molecule has 0 bridgehead atoms. The number of carbonyl (C=O) groups is 1. The van der Waals surface area contributed by atoms with Crippen molar-refractivity contribution < 1.29 is 17.4 Å². The Bertz CT molecular complexity index is 1070. The number of carbonyl (C=O) groups excluding carboxylic acids is 1. The molecule has 3 rings (SSSR count). The molecule has 12 heteroatoms. The van der Waals surface area contributed by atoms with Gasteiger partial charge in [-0.15, -0.1) is 5.10 Å². The number of hydrogen-bond acceptors (Lipinski definition) is 8. The van der Waals surface area contributed by atoms with Crippen LogP contribution in [0.3, 0.4) is 0 Å². The second kappa shape index (κ2) is 8.84. The quantitative estimate of drug-likeness (QED) is 0.464. The Kier molecular flexibility index (Phi) is 6.24. The molecule has 0 aliphatic heterocycles. The number of nitrogens with one attached hydrogen (secondary N) is 1. The summed E-state index contributed by atoms with van der Waals surface area (Å²) in [6.45, 7) is 2.19. The van der Waals surface area contributed by atoms with Crippen LogP contribution in [0.4, 0.5) is 5.95 Å². The predicted molar refractivity (Wildman–Crippen MR) is 103 cm³/mol. The molecule has 3 N–H and O–H groups in total. The fraction of sp³-hybridized carbons (Fsp3) is 0.294. The van der Waals surface area contributed by atoms with Crippen LogP contribution in [0, 0.1) is 6.92 Å². The maximum absolute atomic E-state index is 12.1. The summed E-state index contributed by atoms with van der Waals surface area (Å²) in [4.78, 5) is 15.9. The Labute approximate surface area is 167 Å². The minimum atomic E-state index is -3.83. The van der Waals surface area contributed by atoms with Gasteiger partial charge in [-0.05, 0) is 19.1 Å². The maximum atomic E-state index is 12.1. The van der Waals surface area contributed by atoms with Crippen LogP contribution in [0.15, 0.2) is 47.8 Å². The Morgan fingerprint density at radius 2 is 2.03 bits per heavy atom. The summed E-state index contributed by atoms with van der Waals surface area (Å²) in [5.41, 5.74) is 7.10. The van der Waals surface area contributed by atoms with E-state index in [1.165, 1.54) is 27.6 Å². The van der Waals surface area contributed by atoms with Crippen molar-refractivity contribution >= 4 is 22.0 Å². The van der Waals surface area contributed by atoms with E-state index in [0.29, 0.717) is 5.69 Å². The molecular weight excluding hydrogens is 398 g/mol. The molecule has 0 spiro atoms. The highest BCUT2D eigenvalue weighted by Gasteiger charge is 2.15. The van der Waals surface area contributed by atoms with Crippen LogP contribution in [0.1, 0.15) is 11.3 Å². The number of amides is 1. The summed E-state index contributed by atoms with van der Waals surface area (Å²) in [5, 5.41) is 10.5. The topological polar surface area (TPSA) is 147 Å². The first-order chi connectivity index (χ1) is 13.8. The van der Waals surface area contributed by atoms with Gasteiger partial charge in [0.1, 0.15) is 12.2 Å². The number of benzene rings is 1. The van der Waals surface area contributed by atoms with E-state index in [9.17, 15) is 13.2 Å². The fourth-order valence-corrected chi connectivity index (χ4v) is 3.32. The minimum absolute atomic E-state index is 0.0463. The van der Waals surface area contributed by atoms with Crippen molar-refractivity contribution in [3.8, 4) is 0 Å². The molecule has 1 amide bonds. The van der Waals surface area contributed by atoms with Gasteiger partial charge in [-0.1, -0.05) is 22.9 Å². The Balaban J connectivity index is 1.44. The molecule has 0 aliphatic carbocycles. The molecule has 2 aromatic heterocycles. The lowest BCUT2D eigenvalue weighted by atomic mass is 10.2. The van der Waals surface area contributed by atoms with Crippen LogP contribution < -0.4 is 11.1 Å². The molecule has 29 heavy (non-hydrogen) atoms. The monoisotopic (exact) mass is 419 g/mol. The van der Waals surface area contributed by atoms with E-state index < -0.39 is 10.1 Å². The predicted octanol–water partition coefficient (Wildman–Crippen LogP) is 0.0871. The number of aryl methyl sites for hydroxylation is 1. The second-order valence-corrected chi connectivity index (χ2v) is 7.87. The zero-order valence-electron chi connectivity index (χ0n) is 15.7. The number of anilines is 1. The first-order valence-electron chi connectivity index (χ1n) is 8.72. The third-order valence-electron chi connectivity index (χ3n) is 3.98. The van der Waals surface area contributed by atoms with Gasteiger partial charge in [0.2, 0.25) is 11.9 Å². The molecular formula is C17H21N7O4S. The lowest BCUT2D eigenvalue weighted by Crippen LogP contribution is -2.27. The molecule has 3 aromatic rings. The minimum Gasteiger partial charge on any atom is -0.369 e. The first-order valence-corrected chi connectivity index (χ1v) is 10.1. The van der Waals surface area contributed by atoms with E-state index >= 15 is 0 Å². The zero-order chi connectivity index (χ0) is 20.9. The molecule has 0 atom stereocenters. The van der Waals surface area contributed by atoms with Crippen molar-refractivity contribution in [3.05, 3.63) is 54.1 Å². The molecule has 0 unspecified atom stereocenters. The number of rotatable bonds is 9. The Hall–Kier alpha value is -3.25. The maximum Gasteiger partial charge on any atom is 0.297 e. The van der Waals surface area contributed by atoms with Gasteiger partial charge < -0.3 is 15.6 Å². The van der Waals surface area contributed by atoms with Crippen LogP contribution in [-0.4, -0.2) is 45.5 Å². The van der Waals surface area contributed by atoms with Crippen molar-refractivity contribution in [1.82, 2.24) is 29.9 Å². The van der Waals surface area contributed by atoms with Crippen molar-refractivity contribution in [2.45, 2.75) is 31.5 Å². The molecule has 154 valence electrons. The number of imidazole rings is 1. The number of aromatic nitrogens is 5. The van der Waals surface area contributed by atoms with Crippen LogP contribution in [0.5, 0.6) is 0 Å². The zero-order valence-corrected chi connectivity index (χ0v) is 16.5. The third-order valence-corrected chi connectivity index (χ3v) is 5.31. The van der Waals surface area contributed by atoms with Gasteiger partial charge in [0.15, 0.2) is 0 Å². The van der Waals surface area contributed by atoms with Crippen LogP contribution in [-0.2, 0) is 38.7 Å². The van der Waals surface area contributed by atoms with E-state index in [0.717, 1.165) is 5.56 Å². The Morgan fingerprint density at radius 1 is 1.28 bits per heavy atom. The molecule has 2 heterocycles. The highest BCUT2D eigenvalue weighted by molar-refractivity contribution is 7.86. The number of nitrogens with zero attached hydrogens (tertiary/aromatic N) is 5. The van der Waals surface area contributed by atoms with E-state index in [4.69, 9.17) is 9.92 Å². The summed E-state index contributed by atoms with van der Waals surface area (Å²) in [6.07, 6.45) is 4.72. The second-order valence-electron chi connectivity index (χ2n) is 6.25.